The highest BCUT2D eigenvalue weighted by Crippen LogP contribution is 2.31. The van der Waals surface area contributed by atoms with E-state index in [1.807, 2.05) is 6.92 Å². The van der Waals surface area contributed by atoms with Crippen molar-refractivity contribution in [2.75, 3.05) is 7.11 Å². The van der Waals surface area contributed by atoms with E-state index in [-0.39, 0.29) is 24.5 Å². The average Bonchev–Trinajstić information content (AvgIpc) is 2.30. The first-order chi connectivity index (χ1) is 8.06. The number of esters is 1. The van der Waals surface area contributed by atoms with E-state index < -0.39 is 0 Å². The lowest BCUT2D eigenvalue weighted by Crippen LogP contribution is -2.40. The molecule has 17 heavy (non-hydrogen) atoms. The smallest absolute Gasteiger partial charge is 0.302 e. The van der Waals surface area contributed by atoms with Gasteiger partial charge in [0, 0.05) is 14.0 Å². The molecule has 100 valence electrons. The molecule has 1 aliphatic rings. The molecular formula is C13H24O4. The van der Waals surface area contributed by atoms with E-state index >= 15 is 0 Å². The van der Waals surface area contributed by atoms with Crippen LogP contribution in [0.15, 0.2) is 0 Å². The Kier molecular flexibility index (Phi) is 5.92. The monoisotopic (exact) mass is 244 g/mol. The molecule has 0 aromatic carbocycles. The van der Waals surface area contributed by atoms with E-state index in [0.29, 0.717) is 5.92 Å². The number of hydrogen-bond acceptors (Lipinski definition) is 4. The molecule has 0 spiro atoms. The van der Waals surface area contributed by atoms with E-state index in [1.54, 1.807) is 7.11 Å². The third-order valence-electron chi connectivity index (χ3n) is 3.43. The maximum Gasteiger partial charge on any atom is 0.302 e. The standard InChI is InChI=1S/C13H24O4/c1-5-11-6-7-12(16-9(2)14)13(8-11)17-10(3)15-4/h10-13H,5-8H2,1-4H3. The summed E-state index contributed by atoms with van der Waals surface area (Å²) in [5, 5.41) is 0. The maximum absolute atomic E-state index is 11.1. The van der Waals surface area contributed by atoms with Crippen molar-refractivity contribution >= 4 is 5.97 Å². The molecule has 1 saturated carbocycles. The fraction of sp³-hybridized carbons (Fsp3) is 0.923. The second-order valence-corrected chi connectivity index (χ2v) is 4.71. The SMILES string of the molecule is CCC1CCC(OC(C)=O)C(OC(C)OC)C1. The first-order valence-electron chi connectivity index (χ1n) is 6.42. The maximum atomic E-state index is 11.1. The van der Waals surface area contributed by atoms with Gasteiger partial charge in [-0.25, -0.2) is 0 Å². The molecule has 0 bridgehead atoms. The Hall–Kier alpha value is -0.610. The van der Waals surface area contributed by atoms with Crippen LogP contribution in [0, 0.1) is 5.92 Å². The van der Waals surface area contributed by atoms with Gasteiger partial charge in [0.25, 0.3) is 0 Å². The Morgan fingerprint density at radius 3 is 2.59 bits per heavy atom. The molecule has 0 aromatic heterocycles. The van der Waals surface area contributed by atoms with Crippen molar-refractivity contribution in [3.05, 3.63) is 0 Å². The molecule has 4 atom stereocenters. The molecule has 0 N–H and O–H groups in total. The minimum Gasteiger partial charge on any atom is -0.460 e. The zero-order valence-corrected chi connectivity index (χ0v) is 11.3. The quantitative estimate of drug-likeness (QED) is 0.550. The van der Waals surface area contributed by atoms with Crippen molar-refractivity contribution in [2.24, 2.45) is 5.92 Å². The molecule has 0 heterocycles. The summed E-state index contributed by atoms with van der Waals surface area (Å²) in [7, 11) is 1.62. The topological polar surface area (TPSA) is 44.8 Å². The van der Waals surface area contributed by atoms with Gasteiger partial charge in [0.15, 0.2) is 6.29 Å². The van der Waals surface area contributed by atoms with Gasteiger partial charge < -0.3 is 14.2 Å². The molecule has 4 nitrogen and oxygen atoms in total. The van der Waals surface area contributed by atoms with Gasteiger partial charge in [-0.1, -0.05) is 13.3 Å². The normalized spacial score (nSPS) is 30.9. The Labute approximate surface area is 104 Å². The van der Waals surface area contributed by atoms with Gasteiger partial charge in [0.1, 0.15) is 6.10 Å². The first-order valence-corrected chi connectivity index (χ1v) is 6.42. The highest BCUT2D eigenvalue weighted by molar-refractivity contribution is 5.66. The van der Waals surface area contributed by atoms with E-state index in [2.05, 4.69) is 6.92 Å². The highest BCUT2D eigenvalue weighted by Gasteiger charge is 2.33. The number of methoxy groups -OCH3 is 1. The van der Waals surface area contributed by atoms with Crippen LogP contribution in [-0.4, -0.2) is 31.6 Å². The van der Waals surface area contributed by atoms with Crippen molar-refractivity contribution in [3.63, 3.8) is 0 Å². The fourth-order valence-corrected chi connectivity index (χ4v) is 2.35. The molecule has 4 unspecified atom stereocenters. The zero-order chi connectivity index (χ0) is 12.8. The number of carbonyl (C=O) groups is 1. The van der Waals surface area contributed by atoms with E-state index in [0.717, 1.165) is 25.7 Å². The summed E-state index contributed by atoms with van der Waals surface area (Å²) in [6.07, 6.45) is 3.68. The molecule has 4 heteroatoms. The van der Waals surface area contributed by atoms with Gasteiger partial charge >= 0.3 is 5.97 Å². The molecule has 1 fully saturated rings. The Morgan fingerprint density at radius 2 is 2.06 bits per heavy atom. The lowest BCUT2D eigenvalue weighted by atomic mass is 9.83. The molecule has 1 aliphatic carbocycles. The van der Waals surface area contributed by atoms with Crippen LogP contribution in [0.2, 0.25) is 0 Å². The number of hydrogen-bond donors (Lipinski definition) is 0. The van der Waals surface area contributed by atoms with Crippen LogP contribution in [0.5, 0.6) is 0 Å². The lowest BCUT2D eigenvalue weighted by Gasteiger charge is -2.36. The summed E-state index contributed by atoms with van der Waals surface area (Å²) in [5.74, 6) is 0.430. The number of ether oxygens (including phenoxy) is 3. The molecule has 0 amide bonds. The van der Waals surface area contributed by atoms with Crippen LogP contribution in [0.1, 0.15) is 46.5 Å². The van der Waals surface area contributed by atoms with Gasteiger partial charge in [-0.3, -0.25) is 4.79 Å². The molecule has 1 rings (SSSR count). The molecule has 0 aliphatic heterocycles. The van der Waals surface area contributed by atoms with Crippen molar-refractivity contribution in [3.8, 4) is 0 Å². The minimum atomic E-state index is -0.256. The van der Waals surface area contributed by atoms with Crippen molar-refractivity contribution < 1.29 is 19.0 Å². The summed E-state index contributed by atoms with van der Waals surface area (Å²) in [6.45, 7) is 5.50. The summed E-state index contributed by atoms with van der Waals surface area (Å²) < 4.78 is 16.2. The van der Waals surface area contributed by atoms with Crippen LogP contribution in [0.3, 0.4) is 0 Å². The van der Waals surface area contributed by atoms with E-state index in [1.165, 1.54) is 6.92 Å². The third-order valence-corrected chi connectivity index (χ3v) is 3.43. The summed E-state index contributed by atoms with van der Waals surface area (Å²) in [6, 6.07) is 0. The van der Waals surface area contributed by atoms with Crippen LogP contribution in [-0.2, 0) is 19.0 Å². The fourth-order valence-electron chi connectivity index (χ4n) is 2.35. The van der Waals surface area contributed by atoms with E-state index in [9.17, 15) is 4.79 Å². The number of carbonyl (C=O) groups excluding carboxylic acids is 1. The molecular weight excluding hydrogens is 220 g/mol. The summed E-state index contributed by atoms with van der Waals surface area (Å²) >= 11 is 0. The predicted molar refractivity (Wildman–Crippen MR) is 64.5 cm³/mol. The van der Waals surface area contributed by atoms with Gasteiger partial charge in [-0.15, -0.1) is 0 Å². The Morgan fingerprint density at radius 1 is 1.35 bits per heavy atom. The van der Waals surface area contributed by atoms with Crippen LogP contribution in [0.25, 0.3) is 0 Å². The second kappa shape index (κ2) is 6.97. The van der Waals surface area contributed by atoms with Gasteiger partial charge in [-0.2, -0.15) is 0 Å². The average molecular weight is 244 g/mol. The van der Waals surface area contributed by atoms with Gasteiger partial charge in [0.05, 0.1) is 6.10 Å². The van der Waals surface area contributed by atoms with Crippen LogP contribution >= 0.6 is 0 Å². The third kappa shape index (κ3) is 4.64. The number of rotatable bonds is 5. The Balaban J connectivity index is 2.57. The summed E-state index contributed by atoms with van der Waals surface area (Å²) in [5.41, 5.74) is 0. The molecule has 0 aromatic rings. The predicted octanol–water partition coefficient (Wildman–Crippen LogP) is 2.51. The van der Waals surface area contributed by atoms with Gasteiger partial charge in [0.2, 0.25) is 0 Å². The van der Waals surface area contributed by atoms with Crippen molar-refractivity contribution in [1.82, 2.24) is 0 Å². The largest absolute Gasteiger partial charge is 0.460 e. The highest BCUT2D eigenvalue weighted by atomic mass is 16.7. The molecule has 0 radical (unpaired) electrons. The Bertz CT molecular complexity index is 240. The van der Waals surface area contributed by atoms with Crippen molar-refractivity contribution in [1.29, 1.82) is 0 Å². The zero-order valence-electron chi connectivity index (χ0n) is 11.3. The van der Waals surface area contributed by atoms with Crippen molar-refractivity contribution in [2.45, 2.75) is 65.0 Å². The van der Waals surface area contributed by atoms with E-state index in [4.69, 9.17) is 14.2 Å². The second-order valence-electron chi connectivity index (χ2n) is 4.71. The molecule has 0 saturated heterocycles. The van der Waals surface area contributed by atoms with Crippen LogP contribution in [0.4, 0.5) is 0 Å². The minimum absolute atomic E-state index is 0.0347. The lowest BCUT2D eigenvalue weighted by molar-refractivity contribution is -0.197. The van der Waals surface area contributed by atoms with Crippen LogP contribution < -0.4 is 0 Å². The first kappa shape index (κ1) is 14.5. The summed E-state index contributed by atoms with van der Waals surface area (Å²) in [4.78, 5) is 11.1. The van der Waals surface area contributed by atoms with Gasteiger partial charge in [-0.05, 0) is 32.1 Å².